The summed E-state index contributed by atoms with van der Waals surface area (Å²) < 4.78 is 4.86. The van der Waals surface area contributed by atoms with Gasteiger partial charge in [0, 0.05) is 17.5 Å². The normalized spacial score (nSPS) is 10.7. The number of nitrogens with one attached hydrogen (secondary N) is 1. The number of nitrogens with zero attached hydrogens (tertiary/aromatic N) is 2. The maximum atomic E-state index is 12.0. The van der Waals surface area contributed by atoms with E-state index in [4.69, 9.17) is 4.74 Å². The topological polar surface area (TPSA) is 71.5 Å². The van der Waals surface area contributed by atoms with Gasteiger partial charge in [-0.25, -0.2) is 4.98 Å². The van der Waals surface area contributed by atoms with E-state index >= 15 is 0 Å². The molecule has 0 radical (unpaired) electrons. The van der Waals surface area contributed by atoms with Gasteiger partial charge in [-0.1, -0.05) is 29.8 Å². The van der Waals surface area contributed by atoms with E-state index in [0.29, 0.717) is 11.7 Å². The van der Waals surface area contributed by atoms with Gasteiger partial charge in [-0.3, -0.25) is 14.5 Å². The van der Waals surface area contributed by atoms with Gasteiger partial charge in [0.05, 0.1) is 19.7 Å². The number of thiazole rings is 1. The van der Waals surface area contributed by atoms with Crippen LogP contribution >= 0.6 is 11.3 Å². The van der Waals surface area contributed by atoms with Crippen molar-refractivity contribution in [1.82, 2.24) is 9.88 Å². The second kappa shape index (κ2) is 9.29. The third-order valence-corrected chi connectivity index (χ3v) is 4.29. The van der Waals surface area contributed by atoms with Crippen LogP contribution in [0.3, 0.4) is 0 Å². The van der Waals surface area contributed by atoms with Crippen LogP contribution in [0.5, 0.6) is 0 Å². The van der Waals surface area contributed by atoms with Crippen molar-refractivity contribution in [2.24, 2.45) is 0 Å². The summed E-state index contributed by atoms with van der Waals surface area (Å²) in [6.07, 6.45) is 2.57. The first-order valence-electron chi connectivity index (χ1n) is 8.10. The van der Waals surface area contributed by atoms with Gasteiger partial charge in [0.2, 0.25) is 5.91 Å². The molecule has 0 bridgehead atoms. The summed E-state index contributed by atoms with van der Waals surface area (Å²) in [6.45, 7) is 4.33. The molecule has 2 aromatic rings. The van der Waals surface area contributed by atoms with Crippen LogP contribution in [-0.4, -0.2) is 48.5 Å². The summed E-state index contributed by atoms with van der Waals surface area (Å²) in [5, 5.41) is 3.34. The van der Waals surface area contributed by atoms with E-state index in [1.165, 1.54) is 22.5 Å². The van der Waals surface area contributed by atoms with E-state index in [-0.39, 0.29) is 25.0 Å². The van der Waals surface area contributed by atoms with Crippen molar-refractivity contribution in [3.63, 3.8) is 0 Å². The van der Waals surface area contributed by atoms with E-state index in [9.17, 15) is 9.59 Å². The number of amides is 1. The standard InChI is InChI=1S/C18H23N3O3S/c1-4-24-17(23)12-21(3)11-16(22)20-18-19-10-15(25-18)9-14-7-5-6-13(2)8-14/h5-8,10H,4,9,11-12H2,1-3H3,(H,19,20,22). The molecule has 1 aromatic carbocycles. The van der Waals surface area contributed by atoms with Crippen LogP contribution in [-0.2, 0) is 20.7 Å². The fourth-order valence-electron chi connectivity index (χ4n) is 2.36. The number of likely N-dealkylation sites (N-methyl/N-ethyl adjacent to an activating group) is 1. The molecule has 1 N–H and O–H groups in total. The van der Waals surface area contributed by atoms with Gasteiger partial charge in [-0.05, 0) is 26.5 Å². The molecule has 0 aliphatic rings. The molecule has 2 rings (SSSR count). The summed E-state index contributed by atoms with van der Waals surface area (Å²) in [4.78, 5) is 30.4. The number of ether oxygens (including phenoxy) is 1. The Kier molecular flexibility index (Phi) is 7.09. The lowest BCUT2D eigenvalue weighted by atomic mass is 10.1. The molecule has 0 saturated carbocycles. The van der Waals surface area contributed by atoms with E-state index in [1.807, 2.05) is 6.07 Å². The average Bonchev–Trinajstić information content (AvgIpc) is 2.93. The smallest absolute Gasteiger partial charge is 0.320 e. The fourth-order valence-corrected chi connectivity index (χ4v) is 3.22. The summed E-state index contributed by atoms with van der Waals surface area (Å²) in [5.74, 6) is -0.546. The number of benzene rings is 1. The van der Waals surface area contributed by atoms with Gasteiger partial charge in [0.15, 0.2) is 5.13 Å². The number of hydrogen-bond donors (Lipinski definition) is 1. The van der Waals surface area contributed by atoms with Crippen LogP contribution in [0.2, 0.25) is 0 Å². The highest BCUT2D eigenvalue weighted by molar-refractivity contribution is 7.15. The van der Waals surface area contributed by atoms with Crippen LogP contribution in [0.25, 0.3) is 0 Å². The lowest BCUT2D eigenvalue weighted by molar-refractivity contribution is -0.144. The molecule has 134 valence electrons. The van der Waals surface area contributed by atoms with Crippen LogP contribution in [0.4, 0.5) is 5.13 Å². The molecule has 0 atom stereocenters. The molecule has 0 aliphatic heterocycles. The Labute approximate surface area is 151 Å². The number of rotatable bonds is 8. The van der Waals surface area contributed by atoms with Crippen molar-refractivity contribution >= 4 is 28.3 Å². The van der Waals surface area contributed by atoms with Crippen LogP contribution in [0.15, 0.2) is 30.5 Å². The van der Waals surface area contributed by atoms with E-state index in [1.54, 1.807) is 25.1 Å². The molecule has 25 heavy (non-hydrogen) atoms. The fraction of sp³-hybridized carbons (Fsp3) is 0.389. The minimum atomic E-state index is -0.340. The lowest BCUT2D eigenvalue weighted by Crippen LogP contribution is -2.34. The highest BCUT2D eigenvalue weighted by atomic mass is 32.1. The summed E-state index contributed by atoms with van der Waals surface area (Å²) in [6, 6.07) is 8.32. The molecular weight excluding hydrogens is 338 g/mol. The number of aryl methyl sites for hydroxylation is 1. The van der Waals surface area contributed by atoms with Crippen LogP contribution in [0.1, 0.15) is 22.9 Å². The summed E-state index contributed by atoms with van der Waals surface area (Å²) in [7, 11) is 1.70. The minimum Gasteiger partial charge on any atom is -0.465 e. The SMILES string of the molecule is CCOC(=O)CN(C)CC(=O)Nc1ncc(Cc2cccc(C)c2)s1. The highest BCUT2D eigenvalue weighted by Crippen LogP contribution is 2.21. The number of aromatic nitrogens is 1. The molecule has 1 aromatic heterocycles. The zero-order valence-corrected chi connectivity index (χ0v) is 15.6. The Morgan fingerprint density at radius 2 is 2.12 bits per heavy atom. The minimum absolute atomic E-state index is 0.0811. The Hall–Kier alpha value is -2.25. The van der Waals surface area contributed by atoms with Gasteiger partial charge >= 0.3 is 5.97 Å². The Morgan fingerprint density at radius 3 is 2.84 bits per heavy atom. The van der Waals surface area contributed by atoms with E-state index < -0.39 is 0 Å². The first-order chi connectivity index (χ1) is 12.0. The molecule has 0 saturated heterocycles. The van der Waals surface area contributed by atoms with Crippen molar-refractivity contribution < 1.29 is 14.3 Å². The van der Waals surface area contributed by atoms with Crippen LogP contribution < -0.4 is 5.32 Å². The van der Waals surface area contributed by atoms with Gasteiger partial charge < -0.3 is 10.1 Å². The average molecular weight is 361 g/mol. The maximum absolute atomic E-state index is 12.0. The Morgan fingerprint density at radius 1 is 1.32 bits per heavy atom. The summed E-state index contributed by atoms with van der Waals surface area (Å²) >= 11 is 1.46. The van der Waals surface area contributed by atoms with Crippen molar-refractivity contribution in [2.75, 3.05) is 32.1 Å². The Balaban J connectivity index is 1.83. The third kappa shape index (κ3) is 6.64. The third-order valence-electron chi connectivity index (χ3n) is 3.38. The van der Waals surface area contributed by atoms with Gasteiger partial charge in [-0.2, -0.15) is 0 Å². The first kappa shape index (κ1) is 19.1. The molecule has 6 nitrogen and oxygen atoms in total. The number of carbonyl (C=O) groups excluding carboxylic acids is 2. The molecule has 1 amide bonds. The second-order valence-corrected chi connectivity index (χ2v) is 6.94. The van der Waals surface area contributed by atoms with Gasteiger partial charge in [-0.15, -0.1) is 11.3 Å². The number of esters is 1. The number of anilines is 1. The molecule has 0 aliphatic carbocycles. The quantitative estimate of drug-likeness (QED) is 0.732. The van der Waals surface area contributed by atoms with Crippen LogP contribution in [0, 0.1) is 6.92 Å². The largest absolute Gasteiger partial charge is 0.465 e. The molecule has 0 spiro atoms. The molecular formula is C18H23N3O3S. The number of hydrogen-bond acceptors (Lipinski definition) is 6. The Bertz CT molecular complexity index is 730. The summed E-state index contributed by atoms with van der Waals surface area (Å²) in [5.41, 5.74) is 2.44. The maximum Gasteiger partial charge on any atom is 0.320 e. The molecule has 0 fully saturated rings. The molecule has 1 heterocycles. The second-order valence-electron chi connectivity index (χ2n) is 5.82. The van der Waals surface area contributed by atoms with Crippen molar-refractivity contribution in [3.8, 4) is 0 Å². The molecule has 7 heteroatoms. The zero-order valence-electron chi connectivity index (χ0n) is 14.7. The first-order valence-corrected chi connectivity index (χ1v) is 8.92. The van der Waals surface area contributed by atoms with Gasteiger partial charge in [0.1, 0.15) is 0 Å². The van der Waals surface area contributed by atoms with E-state index in [0.717, 1.165) is 11.3 Å². The van der Waals surface area contributed by atoms with Crippen molar-refractivity contribution in [1.29, 1.82) is 0 Å². The zero-order chi connectivity index (χ0) is 18.2. The van der Waals surface area contributed by atoms with Crippen molar-refractivity contribution in [2.45, 2.75) is 20.3 Å². The van der Waals surface area contributed by atoms with E-state index in [2.05, 4.69) is 35.4 Å². The predicted octanol–water partition coefficient (Wildman–Crippen LogP) is 2.48. The predicted molar refractivity (Wildman–Crippen MR) is 98.9 cm³/mol. The van der Waals surface area contributed by atoms with Crippen molar-refractivity contribution in [3.05, 3.63) is 46.5 Å². The monoisotopic (exact) mass is 361 g/mol. The lowest BCUT2D eigenvalue weighted by Gasteiger charge is -2.14. The highest BCUT2D eigenvalue weighted by Gasteiger charge is 2.13. The number of carbonyl (C=O) groups is 2. The van der Waals surface area contributed by atoms with Gasteiger partial charge in [0.25, 0.3) is 0 Å². The molecule has 0 unspecified atom stereocenters.